The first-order valence-corrected chi connectivity index (χ1v) is 13.2. The van der Waals surface area contributed by atoms with Crippen LogP contribution in [0.2, 0.25) is 0 Å². The van der Waals surface area contributed by atoms with E-state index in [1.54, 1.807) is 15.3 Å². The van der Waals surface area contributed by atoms with Crippen LogP contribution >= 0.6 is 11.3 Å². The highest BCUT2D eigenvalue weighted by Crippen LogP contribution is 2.30. The quantitative estimate of drug-likeness (QED) is 0.348. The second kappa shape index (κ2) is 10.1. The van der Waals surface area contributed by atoms with E-state index in [1.807, 2.05) is 56.3 Å². The number of H-pyrrole nitrogens is 1. The molecular weight excluding hydrogens is 500 g/mol. The molecule has 0 bridgehead atoms. The minimum Gasteiger partial charge on any atom is -0.773 e. The van der Waals surface area contributed by atoms with E-state index < -0.39 is 28.2 Å². The number of fused-ring (bicyclic) bond motifs is 2. The number of aryl methyl sites for hydroxylation is 2. The van der Waals surface area contributed by atoms with E-state index in [0.29, 0.717) is 22.8 Å². The number of nitrogens with two attached hydrogens (primary N) is 1. The van der Waals surface area contributed by atoms with Crippen LogP contribution in [0.5, 0.6) is 0 Å². The SMILES string of the molecule is CS(=O)[O-].Cc1cccc(Cn2c(C(N)=O)c(-n3c(=O)[nH]c4cscc4c3=O)c3cc(C)ccc32)c1. The third kappa shape index (κ3) is 4.81. The van der Waals surface area contributed by atoms with Crippen LogP contribution in [0.4, 0.5) is 0 Å². The van der Waals surface area contributed by atoms with Gasteiger partial charge in [-0.25, -0.2) is 9.36 Å². The number of nitrogens with one attached hydrogen (secondary N) is 1. The largest absolute Gasteiger partial charge is 0.773 e. The summed E-state index contributed by atoms with van der Waals surface area (Å²) < 4.78 is 20.8. The number of aromatic amines is 1. The molecule has 3 N–H and O–H groups in total. The van der Waals surface area contributed by atoms with Gasteiger partial charge in [-0.15, -0.1) is 11.3 Å². The molecule has 0 aliphatic heterocycles. The number of hydrogen-bond acceptors (Lipinski definition) is 6. The Hall–Kier alpha value is -3.80. The first-order valence-electron chi connectivity index (χ1n) is 10.8. The molecule has 3 aromatic heterocycles. The van der Waals surface area contributed by atoms with Crippen LogP contribution in [0.25, 0.3) is 27.5 Å². The fourth-order valence-electron chi connectivity index (χ4n) is 4.23. The monoisotopic (exact) mass is 523 g/mol. The number of rotatable bonds is 4. The summed E-state index contributed by atoms with van der Waals surface area (Å²) in [5.74, 6) is -0.710. The predicted octanol–water partition coefficient (Wildman–Crippen LogP) is 2.95. The first-order chi connectivity index (χ1) is 17.1. The highest BCUT2D eigenvalue weighted by Gasteiger charge is 2.25. The third-order valence-corrected chi connectivity index (χ3v) is 6.36. The van der Waals surface area contributed by atoms with E-state index in [9.17, 15) is 14.4 Å². The van der Waals surface area contributed by atoms with E-state index in [2.05, 4.69) is 4.98 Å². The lowest BCUT2D eigenvalue weighted by atomic mass is 10.1. The number of nitrogens with zero attached hydrogens (tertiary/aromatic N) is 2. The van der Waals surface area contributed by atoms with Crippen LogP contribution in [0, 0.1) is 13.8 Å². The van der Waals surface area contributed by atoms with Crippen molar-refractivity contribution in [1.29, 1.82) is 0 Å². The molecule has 1 atom stereocenters. The zero-order valence-electron chi connectivity index (χ0n) is 19.7. The van der Waals surface area contributed by atoms with Crippen molar-refractivity contribution < 1.29 is 13.6 Å². The van der Waals surface area contributed by atoms with Gasteiger partial charge < -0.3 is 19.8 Å². The van der Waals surface area contributed by atoms with Crippen molar-refractivity contribution in [1.82, 2.24) is 14.1 Å². The van der Waals surface area contributed by atoms with Crippen molar-refractivity contribution >= 4 is 50.1 Å². The Kier molecular flexibility index (Phi) is 7.07. The van der Waals surface area contributed by atoms with Gasteiger partial charge in [0.1, 0.15) is 5.69 Å². The molecule has 0 aliphatic carbocycles. The molecule has 0 saturated carbocycles. The Morgan fingerprint density at radius 2 is 1.78 bits per heavy atom. The van der Waals surface area contributed by atoms with Gasteiger partial charge in [0, 0.05) is 22.7 Å². The molecule has 3 heterocycles. The summed E-state index contributed by atoms with van der Waals surface area (Å²) in [6.45, 7) is 4.28. The molecule has 0 saturated heterocycles. The Morgan fingerprint density at radius 1 is 1.08 bits per heavy atom. The second-order valence-corrected chi connectivity index (χ2v) is 9.87. The van der Waals surface area contributed by atoms with Gasteiger partial charge in [-0.05, 0) is 37.8 Å². The molecule has 0 fully saturated rings. The maximum Gasteiger partial charge on any atom is 0.333 e. The molecule has 36 heavy (non-hydrogen) atoms. The third-order valence-electron chi connectivity index (χ3n) is 5.61. The lowest BCUT2D eigenvalue weighted by Crippen LogP contribution is -2.35. The molecule has 2 aromatic carbocycles. The zero-order chi connectivity index (χ0) is 26.1. The molecule has 5 aromatic rings. The normalized spacial score (nSPS) is 11.9. The minimum atomic E-state index is -1.86. The van der Waals surface area contributed by atoms with Crippen molar-refractivity contribution in [3.05, 3.63) is 96.4 Å². The van der Waals surface area contributed by atoms with Gasteiger partial charge in [-0.3, -0.25) is 13.8 Å². The standard InChI is InChI=1S/C24H20N4O3S.CH4O2S/c1-13-4-3-5-15(8-13)10-27-19-7-6-14(2)9-16(19)20(21(27)22(25)29)28-23(30)17-11-32-12-18(17)26-24(28)31;1-4(2)3/h3-9,11-12H,10H2,1-2H3,(H2,25,29)(H,26,31);1H3,(H,2,3)/p-1. The summed E-state index contributed by atoms with van der Waals surface area (Å²) in [6, 6.07) is 13.6. The summed E-state index contributed by atoms with van der Waals surface area (Å²) in [4.78, 5) is 41.8. The van der Waals surface area contributed by atoms with Gasteiger partial charge in [-0.2, -0.15) is 0 Å². The van der Waals surface area contributed by atoms with Gasteiger partial charge >= 0.3 is 5.69 Å². The van der Waals surface area contributed by atoms with E-state index in [1.165, 1.54) is 11.3 Å². The number of primary amides is 1. The van der Waals surface area contributed by atoms with Crippen molar-refractivity contribution in [2.75, 3.05) is 6.26 Å². The number of carbonyl (C=O) groups excluding carboxylic acids is 1. The van der Waals surface area contributed by atoms with Crippen molar-refractivity contribution in [3.8, 4) is 5.69 Å². The van der Waals surface area contributed by atoms with Crippen molar-refractivity contribution in [2.45, 2.75) is 20.4 Å². The molecule has 0 radical (unpaired) electrons. The van der Waals surface area contributed by atoms with E-state index in [-0.39, 0.29) is 11.4 Å². The maximum absolute atomic E-state index is 13.3. The summed E-state index contributed by atoms with van der Waals surface area (Å²) in [5.41, 5.74) is 9.28. The summed E-state index contributed by atoms with van der Waals surface area (Å²) in [6.07, 6.45) is 1.08. The predicted molar refractivity (Wildman–Crippen MR) is 142 cm³/mol. The molecule has 1 unspecified atom stereocenters. The number of thiophene rings is 1. The highest BCUT2D eigenvalue weighted by molar-refractivity contribution is 7.78. The molecule has 9 nitrogen and oxygen atoms in total. The number of amides is 1. The van der Waals surface area contributed by atoms with Crippen LogP contribution in [-0.4, -0.2) is 35.0 Å². The number of carbonyl (C=O) groups is 1. The maximum atomic E-state index is 13.3. The van der Waals surface area contributed by atoms with Gasteiger partial charge in [0.05, 0.1) is 22.1 Å². The van der Waals surface area contributed by atoms with Crippen molar-refractivity contribution in [3.63, 3.8) is 0 Å². The lowest BCUT2D eigenvalue weighted by Gasteiger charge is -2.11. The van der Waals surface area contributed by atoms with Gasteiger partial charge in [-0.1, -0.05) is 52.5 Å². The fourth-order valence-corrected chi connectivity index (χ4v) is 4.98. The van der Waals surface area contributed by atoms with Gasteiger partial charge in [0.15, 0.2) is 0 Å². The second-order valence-electron chi connectivity index (χ2n) is 8.33. The van der Waals surface area contributed by atoms with Crippen LogP contribution in [-0.2, 0) is 17.6 Å². The van der Waals surface area contributed by atoms with Crippen LogP contribution in [0.3, 0.4) is 0 Å². The Labute approximate surface area is 212 Å². The Balaban J connectivity index is 0.000000709. The summed E-state index contributed by atoms with van der Waals surface area (Å²) >= 11 is -0.537. The number of benzene rings is 2. The molecular formula is C25H23N4O5S2-. The van der Waals surface area contributed by atoms with E-state index >= 15 is 0 Å². The summed E-state index contributed by atoms with van der Waals surface area (Å²) in [5, 5.41) is 4.40. The molecule has 0 aliphatic rings. The molecule has 0 spiro atoms. The minimum absolute atomic E-state index is 0.120. The summed E-state index contributed by atoms with van der Waals surface area (Å²) in [7, 11) is 0. The first kappa shape index (κ1) is 25.3. The Bertz CT molecular complexity index is 1760. The van der Waals surface area contributed by atoms with Crippen LogP contribution in [0.1, 0.15) is 27.2 Å². The number of hydrogen-bond donors (Lipinski definition) is 2. The van der Waals surface area contributed by atoms with Gasteiger partial charge in [0.25, 0.3) is 11.5 Å². The van der Waals surface area contributed by atoms with Gasteiger partial charge in [0.2, 0.25) is 0 Å². The Morgan fingerprint density at radius 3 is 2.44 bits per heavy atom. The average Bonchev–Trinajstić information content (AvgIpc) is 3.36. The lowest BCUT2D eigenvalue weighted by molar-refractivity contribution is 0.0992. The number of aromatic nitrogens is 3. The topological polar surface area (TPSA) is 143 Å². The van der Waals surface area contributed by atoms with E-state index in [0.717, 1.165) is 33.0 Å². The molecule has 5 rings (SSSR count). The average molecular weight is 524 g/mol. The highest BCUT2D eigenvalue weighted by atomic mass is 32.2. The molecule has 11 heteroatoms. The molecule has 186 valence electrons. The van der Waals surface area contributed by atoms with Crippen molar-refractivity contribution in [2.24, 2.45) is 5.73 Å². The molecule has 1 amide bonds. The fraction of sp³-hybridized carbons (Fsp3) is 0.160. The smallest absolute Gasteiger partial charge is 0.333 e. The van der Waals surface area contributed by atoms with E-state index in [4.69, 9.17) is 14.5 Å². The van der Waals surface area contributed by atoms with Crippen LogP contribution in [0.15, 0.2) is 62.8 Å². The van der Waals surface area contributed by atoms with Crippen LogP contribution < -0.4 is 17.0 Å². The zero-order valence-corrected chi connectivity index (χ0v) is 21.4.